The van der Waals surface area contributed by atoms with E-state index in [1.165, 1.54) is 28.1 Å². The molecule has 0 radical (unpaired) electrons. The molecule has 2 aromatic rings. The Morgan fingerprint density at radius 3 is 2.71 bits per heavy atom. The van der Waals surface area contributed by atoms with Gasteiger partial charge in [-0.25, -0.2) is 9.78 Å². The van der Waals surface area contributed by atoms with Crippen molar-refractivity contribution in [1.82, 2.24) is 9.88 Å². The molecular weight excluding hydrogens is 416 g/mol. The molecule has 0 unspecified atom stereocenters. The number of rotatable bonds is 4. The zero-order valence-corrected chi connectivity index (χ0v) is 19.3. The maximum absolute atomic E-state index is 13.1. The van der Waals surface area contributed by atoms with Gasteiger partial charge in [0.05, 0.1) is 5.69 Å². The van der Waals surface area contributed by atoms with Gasteiger partial charge in [-0.3, -0.25) is 19.4 Å². The lowest BCUT2D eigenvalue weighted by atomic mass is 10.1. The third-order valence-electron chi connectivity index (χ3n) is 4.75. The van der Waals surface area contributed by atoms with Crippen LogP contribution in [-0.4, -0.2) is 53.0 Å². The van der Waals surface area contributed by atoms with E-state index in [0.717, 1.165) is 12.0 Å². The van der Waals surface area contributed by atoms with E-state index in [2.05, 4.69) is 10.3 Å². The molecule has 1 aliphatic heterocycles. The van der Waals surface area contributed by atoms with Crippen molar-refractivity contribution in [3.8, 4) is 11.3 Å². The van der Waals surface area contributed by atoms with E-state index < -0.39 is 17.7 Å². The van der Waals surface area contributed by atoms with Crippen molar-refractivity contribution in [3.05, 3.63) is 29.6 Å². The standard InChI is InChI=1S/C22H28N4O4S/c1-14(27)23-16-9-6-8-15(12-16)17-13-31-20(24-17)25(5)19(28)18-10-7-11-26(18)21(29)30-22(2,3)4/h6,8-9,12-13,18H,7,10-11H2,1-5H3,(H,23,27)/t18-/m0/s1. The zero-order valence-electron chi connectivity index (χ0n) is 18.5. The van der Waals surface area contributed by atoms with Crippen molar-refractivity contribution in [2.45, 2.75) is 52.2 Å². The minimum Gasteiger partial charge on any atom is -0.444 e. The van der Waals surface area contributed by atoms with Crippen LogP contribution in [0.4, 0.5) is 15.6 Å². The Hall–Kier alpha value is -2.94. The van der Waals surface area contributed by atoms with E-state index in [1.807, 2.05) is 44.4 Å². The normalized spacial score (nSPS) is 16.2. The predicted octanol–water partition coefficient (Wildman–Crippen LogP) is 4.13. The number of nitrogens with one attached hydrogen (secondary N) is 1. The van der Waals surface area contributed by atoms with Gasteiger partial charge in [0.1, 0.15) is 11.6 Å². The Bertz CT molecular complexity index is 982. The maximum Gasteiger partial charge on any atom is 0.410 e. The van der Waals surface area contributed by atoms with E-state index in [1.54, 1.807) is 13.1 Å². The van der Waals surface area contributed by atoms with Gasteiger partial charge in [0.15, 0.2) is 5.13 Å². The van der Waals surface area contributed by atoms with Gasteiger partial charge in [-0.15, -0.1) is 11.3 Å². The molecule has 0 bridgehead atoms. The number of thiazole rings is 1. The van der Waals surface area contributed by atoms with Crippen LogP contribution in [0.25, 0.3) is 11.3 Å². The van der Waals surface area contributed by atoms with E-state index in [4.69, 9.17) is 4.74 Å². The number of carbonyl (C=O) groups is 3. The van der Waals surface area contributed by atoms with Gasteiger partial charge in [-0.1, -0.05) is 12.1 Å². The summed E-state index contributed by atoms with van der Waals surface area (Å²) in [6, 6.07) is 6.82. The molecule has 166 valence electrons. The first kappa shape index (κ1) is 22.7. The first-order valence-corrected chi connectivity index (χ1v) is 11.0. The highest BCUT2D eigenvalue weighted by Gasteiger charge is 2.38. The second-order valence-corrected chi connectivity index (χ2v) is 9.34. The zero-order chi connectivity index (χ0) is 22.8. The third-order valence-corrected chi connectivity index (χ3v) is 5.67. The summed E-state index contributed by atoms with van der Waals surface area (Å²) in [6.07, 6.45) is 0.883. The van der Waals surface area contributed by atoms with E-state index in [0.29, 0.717) is 29.5 Å². The van der Waals surface area contributed by atoms with Crippen molar-refractivity contribution >= 4 is 40.1 Å². The third kappa shape index (κ3) is 5.61. The van der Waals surface area contributed by atoms with Gasteiger partial charge in [0.2, 0.25) is 5.91 Å². The van der Waals surface area contributed by atoms with Crippen LogP contribution in [0.1, 0.15) is 40.5 Å². The molecule has 1 aromatic carbocycles. The molecule has 31 heavy (non-hydrogen) atoms. The maximum atomic E-state index is 13.1. The lowest BCUT2D eigenvalue weighted by Crippen LogP contribution is -2.48. The number of hydrogen-bond donors (Lipinski definition) is 1. The molecule has 1 aromatic heterocycles. The van der Waals surface area contributed by atoms with Gasteiger partial charge in [0.25, 0.3) is 5.91 Å². The molecule has 3 amide bonds. The summed E-state index contributed by atoms with van der Waals surface area (Å²) in [4.78, 5) is 44.6. The molecule has 1 N–H and O–H groups in total. The number of benzene rings is 1. The number of hydrogen-bond acceptors (Lipinski definition) is 6. The molecule has 2 heterocycles. The number of aromatic nitrogens is 1. The number of nitrogens with zero attached hydrogens (tertiary/aromatic N) is 3. The van der Waals surface area contributed by atoms with Crippen LogP contribution >= 0.6 is 11.3 Å². The molecule has 1 saturated heterocycles. The van der Waals surface area contributed by atoms with Crippen molar-refractivity contribution in [2.75, 3.05) is 23.8 Å². The molecule has 1 fully saturated rings. The number of likely N-dealkylation sites (N-methyl/N-ethyl adjacent to an activating group) is 1. The Morgan fingerprint density at radius 2 is 2.03 bits per heavy atom. The highest BCUT2D eigenvalue weighted by Crippen LogP contribution is 2.30. The number of ether oxygens (including phenoxy) is 1. The van der Waals surface area contributed by atoms with Crippen molar-refractivity contribution < 1.29 is 19.1 Å². The predicted molar refractivity (Wildman–Crippen MR) is 121 cm³/mol. The van der Waals surface area contributed by atoms with Crippen LogP contribution in [0, 0.1) is 0 Å². The average Bonchev–Trinajstić information content (AvgIpc) is 3.35. The molecule has 0 saturated carbocycles. The fourth-order valence-corrected chi connectivity index (χ4v) is 4.20. The fourth-order valence-electron chi connectivity index (χ4n) is 3.39. The first-order chi connectivity index (χ1) is 14.5. The van der Waals surface area contributed by atoms with Crippen molar-refractivity contribution in [1.29, 1.82) is 0 Å². The Labute approximate surface area is 186 Å². The summed E-state index contributed by atoms with van der Waals surface area (Å²) in [5, 5.41) is 5.16. The van der Waals surface area contributed by atoms with Gasteiger partial charge in [-0.2, -0.15) is 0 Å². The van der Waals surface area contributed by atoms with E-state index in [-0.39, 0.29) is 11.8 Å². The highest BCUT2D eigenvalue weighted by atomic mass is 32.1. The average molecular weight is 445 g/mol. The number of carbonyl (C=O) groups excluding carboxylic acids is 3. The smallest absolute Gasteiger partial charge is 0.410 e. The molecular formula is C22H28N4O4S. The molecule has 9 heteroatoms. The lowest BCUT2D eigenvalue weighted by molar-refractivity contribution is -0.122. The fraction of sp³-hybridized carbons (Fsp3) is 0.455. The minimum absolute atomic E-state index is 0.146. The number of likely N-dealkylation sites (tertiary alicyclic amines) is 1. The lowest BCUT2D eigenvalue weighted by Gasteiger charge is -2.29. The van der Waals surface area contributed by atoms with Crippen LogP contribution in [0.5, 0.6) is 0 Å². The summed E-state index contributed by atoms with van der Waals surface area (Å²) in [5.41, 5.74) is 1.62. The SMILES string of the molecule is CC(=O)Nc1cccc(-c2csc(N(C)C(=O)[C@@H]3CCCN3C(=O)OC(C)(C)C)n2)c1. The molecule has 0 spiro atoms. The van der Waals surface area contributed by atoms with Crippen LogP contribution in [0.15, 0.2) is 29.6 Å². The largest absolute Gasteiger partial charge is 0.444 e. The van der Waals surface area contributed by atoms with E-state index in [9.17, 15) is 14.4 Å². The highest BCUT2D eigenvalue weighted by molar-refractivity contribution is 7.14. The van der Waals surface area contributed by atoms with Crippen LogP contribution in [-0.2, 0) is 14.3 Å². The van der Waals surface area contributed by atoms with E-state index >= 15 is 0 Å². The minimum atomic E-state index is -0.616. The Balaban J connectivity index is 1.74. The number of anilines is 2. The Morgan fingerprint density at radius 1 is 1.29 bits per heavy atom. The van der Waals surface area contributed by atoms with Gasteiger partial charge < -0.3 is 10.1 Å². The molecule has 0 aliphatic carbocycles. The summed E-state index contributed by atoms with van der Waals surface area (Å²) in [5.74, 6) is -0.330. The van der Waals surface area contributed by atoms with Crippen LogP contribution in [0.3, 0.4) is 0 Å². The van der Waals surface area contributed by atoms with Gasteiger partial charge >= 0.3 is 6.09 Å². The van der Waals surface area contributed by atoms with Gasteiger partial charge in [0, 0.05) is 37.1 Å². The van der Waals surface area contributed by atoms with Crippen LogP contribution < -0.4 is 10.2 Å². The summed E-state index contributed by atoms with van der Waals surface area (Å²) >= 11 is 1.35. The van der Waals surface area contributed by atoms with Crippen molar-refractivity contribution in [3.63, 3.8) is 0 Å². The summed E-state index contributed by atoms with van der Waals surface area (Å²) in [6.45, 7) is 7.38. The first-order valence-electron chi connectivity index (χ1n) is 10.2. The second-order valence-electron chi connectivity index (χ2n) is 8.51. The van der Waals surface area contributed by atoms with Crippen LogP contribution in [0.2, 0.25) is 0 Å². The van der Waals surface area contributed by atoms with Gasteiger partial charge in [-0.05, 0) is 45.7 Å². The molecule has 3 rings (SSSR count). The molecule has 8 nitrogen and oxygen atoms in total. The molecule has 1 aliphatic rings. The summed E-state index contributed by atoms with van der Waals surface area (Å²) < 4.78 is 5.46. The summed E-state index contributed by atoms with van der Waals surface area (Å²) in [7, 11) is 1.67. The second kappa shape index (κ2) is 9.05. The van der Waals surface area contributed by atoms with Crippen molar-refractivity contribution in [2.24, 2.45) is 0 Å². The quantitative estimate of drug-likeness (QED) is 0.766. The Kier molecular flexibility index (Phi) is 6.64. The topological polar surface area (TPSA) is 91.8 Å². The number of amides is 3. The molecule has 1 atom stereocenters. The monoisotopic (exact) mass is 444 g/mol.